The molecular weight excluding hydrogens is 164 g/mol. The third-order valence-corrected chi connectivity index (χ3v) is 1.92. The van der Waals surface area contributed by atoms with Crippen LogP contribution in [0.2, 0.25) is 0 Å². The summed E-state index contributed by atoms with van der Waals surface area (Å²) in [5, 5.41) is 0. The van der Waals surface area contributed by atoms with Gasteiger partial charge >= 0.3 is 0 Å². The smallest absolute Gasteiger partial charge is 0.213 e. The maximum absolute atomic E-state index is 5.79. The zero-order valence-electron chi connectivity index (χ0n) is 7.95. The quantitative estimate of drug-likeness (QED) is 0.715. The lowest BCUT2D eigenvalue weighted by Gasteiger charge is -2.10. The topological polar surface area (TPSA) is 48.1 Å². The first-order valence-electron chi connectivity index (χ1n) is 4.08. The summed E-state index contributed by atoms with van der Waals surface area (Å²) < 4.78 is 4.99. The molecule has 0 saturated heterocycles. The summed E-state index contributed by atoms with van der Waals surface area (Å²) in [7, 11) is 1.59. The van der Waals surface area contributed by atoms with Crippen LogP contribution in [0.1, 0.15) is 17.3 Å². The Morgan fingerprint density at radius 2 is 2.31 bits per heavy atom. The standard InChI is InChI=1S/C10H14N2O/c1-4-9(11)8-5-6-10(13-3)12-7(8)2/h4-6,9H,1,11H2,2-3H3. The predicted molar refractivity (Wildman–Crippen MR) is 52.7 cm³/mol. The van der Waals surface area contributed by atoms with Crippen molar-refractivity contribution in [3.05, 3.63) is 36.0 Å². The van der Waals surface area contributed by atoms with Crippen LogP contribution in [0, 0.1) is 6.92 Å². The van der Waals surface area contributed by atoms with Gasteiger partial charge in [0.25, 0.3) is 0 Å². The Kier molecular flexibility index (Phi) is 3.03. The number of pyridine rings is 1. The summed E-state index contributed by atoms with van der Waals surface area (Å²) in [5.41, 5.74) is 7.65. The Labute approximate surface area is 78.2 Å². The molecule has 1 unspecified atom stereocenters. The zero-order chi connectivity index (χ0) is 9.84. The fourth-order valence-corrected chi connectivity index (χ4v) is 1.14. The zero-order valence-corrected chi connectivity index (χ0v) is 7.95. The lowest BCUT2D eigenvalue weighted by atomic mass is 10.1. The summed E-state index contributed by atoms with van der Waals surface area (Å²) in [6, 6.07) is 3.55. The van der Waals surface area contributed by atoms with Crippen LogP contribution in [0.4, 0.5) is 0 Å². The van der Waals surface area contributed by atoms with Crippen LogP contribution in [0.15, 0.2) is 24.8 Å². The van der Waals surface area contributed by atoms with Gasteiger partial charge in [-0.2, -0.15) is 0 Å². The van der Waals surface area contributed by atoms with Gasteiger partial charge in [-0.3, -0.25) is 0 Å². The van der Waals surface area contributed by atoms with E-state index in [9.17, 15) is 0 Å². The van der Waals surface area contributed by atoms with Crippen molar-refractivity contribution >= 4 is 0 Å². The first-order valence-corrected chi connectivity index (χ1v) is 4.08. The minimum absolute atomic E-state index is 0.154. The second-order valence-corrected chi connectivity index (χ2v) is 2.79. The number of nitrogens with zero attached hydrogens (tertiary/aromatic N) is 1. The Hall–Kier alpha value is -1.35. The normalized spacial score (nSPS) is 12.2. The molecule has 0 aromatic carbocycles. The van der Waals surface area contributed by atoms with E-state index in [0.29, 0.717) is 5.88 Å². The van der Waals surface area contributed by atoms with Crippen molar-refractivity contribution < 1.29 is 4.74 Å². The molecule has 0 fully saturated rings. The first kappa shape index (κ1) is 9.74. The number of hydrogen-bond acceptors (Lipinski definition) is 3. The fourth-order valence-electron chi connectivity index (χ4n) is 1.14. The van der Waals surface area contributed by atoms with Crippen molar-refractivity contribution in [2.24, 2.45) is 5.73 Å². The van der Waals surface area contributed by atoms with Crippen LogP contribution in [0.25, 0.3) is 0 Å². The Morgan fingerprint density at radius 3 is 2.77 bits per heavy atom. The highest BCUT2D eigenvalue weighted by atomic mass is 16.5. The minimum Gasteiger partial charge on any atom is -0.481 e. The molecule has 1 aromatic rings. The molecule has 1 atom stereocenters. The number of aryl methyl sites for hydroxylation is 1. The van der Waals surface area contributed by atoms with Crippen LogP contribution in [0.3, 0.4) is 0 Å². The second-order valence-electron chi connectivity index (χ2n) is 2.79. The van der Waals surface area contributed by atoms with Crippen LogP contribution in [0.5, 0.6) is 5.88 Å². The van der Waals surface area contributed by atoms with Gasteiger partial charge in [-0.25, -0.2) is 4.98 Å². The number of aromatic nitrogens is 1. The van der Waals surface area contributed by atoms with Crippen LogP contribution < -0.4 is 10.5 Å². The predicted octanol–water partition coefficient (Wildman–Crippen LogP) is 1.58. The maximum atomic E-state index is 5.79. The van der Waals surface area contributed by atoms with Crippen molar-refractivity contribution in [3.8, 4) is 5.88 Å². The van der Waals surface area contributed by atoms with Gasteiger partial charge in [-0.05, 0) is 18.6 Å². The Morgan fingerprint density at radius 1 is 1.62 bits per heavy atom. The van der Waals surface area contributed by atoms with Gasteiger partial charge in [-0.15, -0.1) is 6.58 Å². The average molecular weight is 178 g/mol. The van der Waals surface area contributed by atoms with Gasteiger partial charge < -0.3 is 10.5 Å². The lowest BCUT2D eigenvalue weighted by molar-refractivity contribution is 0.396. The molecule has 0 saturated carbocycles. The Balaban J connectivity index is 3.04. The van der Waals surface area contributed by atoms with E-state index >= 15 is 0 Å². The molecule has 0 aliphatic carbocycles. The first-order chi connectivity index (χ1) is 6.19. The van der Waals surface area contributed by atoms with Crippen LogP contribution in [-0.4, -0.2) is 12.1 Å². The van der Waals surface area contributed by atoms with E-state index in [-0.39, 0.29) is 6.04 Å². The summed E-state index contributed by atoms with van der Waals surface area (Å²) in [5.74, 6) is 0.609. The second kappa shape index (κ2) is 4.05. The summed E-state index contributed by atoms with van der Waals surface area (Å²) in [6.07, 6.45) is 1.69. The molecule has 1 heterocycles. The molecule has 0 spiro atoms. The Bertz CT molecular complexity index is 310. The molecule has 0 amide bonds. The maximum Gasteiger partial charge on any atom is 0.213 e. The van der Waals surface area contributed by atoms with Crippen molar-refractivity contribution in [3.63, 3.8) is 0 Å². The number of methoxy groups -OCH3 is 1. The molecule has 1 aromatic heterocycles. The van der Waals surface area contributed by atoms with E-state index in [2.05, 4.69) is 11.6 Å². The van der Waals surface area contributed by atoms with Crippen molar-refractivity contribution in [2.45, 2.75) is 13.0 Å². The molecule has 0 bridgehead atoms. The molecule has 70 valence electrons. The molecule has 0 radical (unpaired) electrons. The van der Waals surface area contributed by atoms with Gasteiger partial charge in [0.15, 0.2) is 0 Å². The highest BCUT2D eigenvalue weighted by Gasteiger charge is 2.06. The van der Waals surface area contributed by atoms with E-state index in [4.69, 9.17) is 10.5 Å². The summed E-state index contributed by atoms with van der Waals surface area (Å²) >= 11 is 0. The lowest BCUT2D eigenvalue weighted by Crippen LogP contribution is -2.09. The number of nitrogens with two attached hydrogens (primary N) is 1. The summed E-state index contributed by atoms with van der Waals surface area (Å²) in [6.45, 7) is 5.54. The third kappa shape index (κ3) is 2.06. The van der Waals surface area contributed by atoms with E-state index in [1.807, 2.05) is 13.0 Å². The van der Waals surface area contributed by atoms with E-state index < -0.39 is 0 Å². The molecule has 2 N–H and O–H groups in total. The van der Waals surface area contributed by atoms with Gasteiger partial charge in [-0.1, -0.05) is 6.08 Å². The monoisotopic (exact) mass is 178 g/mol. The molecule has 3 nitrogen and oxygen atoms in total. The molecule has 13 heavy (non-hydrogen) atoms. The molecule has 1 rings (SSSR count). The van der Waals surface area contributed by atoms with Gasteiger partial charge in [0.2, 0.25) is 5.88 Å². The van der Waals surface area contributed by atoms with Gasteiger partial charge in [0, 0.05) is 17.8 Å². The van der Waals surface area contributed by atoms with Crippen LogP contribution in [-0.2, 0) is 0 Å². The molecular formula is C10H14N2O. The van der Waals surface area contributed by atoms with Crippen molar-refractivity contribution in [2.75, 3.05) is 7.11 Å². The molecule has 0 aliphatic heterocycles. The summed E-state index contributed by atoms with van der Waals surface area (Å²) in [4.78, 5) is 4.21. The van der Waals surface area contributed by atoms with E-state index in [1.165, 1.54) is 0 Å². The fraction of sp³-hybridized carbons (Fsp3) is 0.300. The van der Waals surface area contributed by atoms with E-state index in [0.717, 1.165) is 11.3 Å². The highest BCUT2D eigenvalue weighted by molar-refractivity contribution is 5.29. The van der Waals surface area contributed by atoms with Crippen LogP contribution >= 0.6 is 0 Å². The molecule has 3 heteroatoms. The van der Waals surface area contributed by atoms with E-state index in [1.54, 1.807) is 19.3 Å². The largest absolute Gasteiger partial charge is 0.481 e. The van der Waals surface area contributed by atoms with Crippen molar-refractivity contribution in [1.82, 2.24) is 4.98 Å². The third-order valence-electron chi connectivity index (χ3n) is 1.92. The average Bonchev–Trinajstić information content (AvgIpc) is 2.16. The molecule has 0 aliphatic rings. The number of ether oxygens (including phenoxy) is 1. The van der Waals surface area contributed by atoms with Gasteiger partial charge in [0.1, 0.15) is 0 Å². The number of hydrogen-bond donors (Lipinski definition) is 1. The minimum atomic E-state index is -0.154. The SMILES string of the molecule is C=CC(N)c1ccc(OC)nc1C. The van der Waals surface area contributed by atoms with Crippen molar-refractivity contribution in [1.29, 1.82) is 0 Å². The number of rotatable bonds is 3. The highest BCUT2D eigenvalue weighted by Crippen LogP contribution is 2.17. The van der Waals surface area contributed by atoms with Gasteiger partial charge in [0.05, 0.1) is 7.11 Å².